The average molecular weight is 534 g/mol. The number of ether oxygens (including phenoxy) is 1. The van der Waals surface area contributed by atoms with E-state index < -0.39 is 27.3 Å². The van der Waals surface area contributed by atoms with E-state index in [1.807, 2.05) is 0 Å². The molecular formula is C30H31NO6S. The smallest absolute Gasteiger partial charge is 0.257 e. The number of methoxy groups -OCH3 is 1. The second-order valence-corrected chi connectivity index (χ2v) is 11.4. The van der Waals surface area contributed by atoms with E-state index in [1.165, 1.54) is 25.3 Å². The zero-order chi connectivity index (χ0) is 27.3. The molecule has 1 amide bonds. The third kappa shape index (κ3) is 5.55. The van der Waals surface area contributed by atoms with Crippen LogP contribution in [0, 0.1) is 0 Å². The van der Waals surface area contributed by atoms with Crippen molar-refractivity contribution in [2.24, 2.45) is 0 Å². The lowest BCUT2D eigenvalue weighted by Gasteiger charge is -2.22. The van der Waals surface area contributed by atoms with Gasteiger partial charge in [0.15, 0.2) is 21.4 Å². The molecule has 0 heterocycles. The van der Waals surface area contributed by atoms with Crippen molar-refractivity contribution in [1.29, 1.82) is 0 Å². The van der Waals surface area contributed by atoms with E-state index in [4.69, 9.17) is 4.74 Å². The van der Waals surface area contributed by atoms with Gasteiger partial charge >= 0.3 is 0 Å². The molecule has 0 unspecified atom stereocenters. The molecule has 0 saturated carbocycles. The van der Waals surface area contributed by atoms with Crippen LogP contribution < -0.4 is 10.1 Å². The van der Waals surface area contributed by atoms with Gasteiger partial charge < -0.3 is 10.1 Å². The van der Waals surface area contributed by atoms with Gasteiger partial charge in [-0.3, -0.25) is 14.4 Å². The summed E-state index contributed by atoms with van der Waals surface area (Å²) in [4.78, 5) is 39.9. The number of unbranched alkanes of at least 4 members (excludes halogenated alkanes) is 5. The Labute approximate surface area is 223 Å². The zero-order valence-corrected chi connectivity index (χ0v) is 22.4. The van der Waals surface area contributed by atoms with Crippen molar-refractivity contribution < 1.29 is 27.5 Å². The number of carbonyl (C=O) groups is 3. The molecule has 8 heteroatoms. The largest absolute Gasteiger partial charge is 0.497 e. The molecule has 0 saturated heterocycles. The normalized spacial score (nSPS) is 12.6. The molecule has 38 heavy (non-hydrogen) atoms. The van der Waals surface area contributed by atoms with Crippen LogP contribution in [0.1, 0.15) is 87.6 Å². The second-order valence-electron chi connectivity index (χ2n) is 9.34. The summed E-state index contributed by atoms with van der Waals surface area (Å²) in [5.74, 6) is -1.31. The summed E-state index contributed by atoms with van der Waals surface area (Å²) in [6.07, 6.45) is 5.22. The minimum Gasteiger partial charge on any atom is -0.497 e. The highest BCUT2D eigenvalue weighted by atomic mass is 32.2. The van der Waals surface area contributed by atoms with Gasteiger partial charge in [-0.05, 0) is 42.8 Å². The number of benzene rings is 3. The van der Waals surface area contributed by atoms with Crippen molar-refractivity contribution in [1.82, 2.24) is 0 Å². The number of carbonyl (C=O) groups excluding carboxylic acids is 3. The molecule has 0 bridgehead atoms. The number of rotatable bonds is 11. The van der Waals surface area contributed by atoms with Gasteiger partial charge in [0.1, 0.15) is 5.75 Å². The van der Waals surface area contributed by atoms with E-state index in [1.54, 1.807) is 42.5 Å². The van der Waals surface area contributed by atoms with Crippen molar-refractivity contribution in [2.75, 3.05) is 18.2 Å². The quantitative estimate of drug-likeness (QED) is 0.242. The molecule has 0 aromatic heterocycles. The minimum absolute atomic E-state index is 0.00350. The molecule has 1 aliphatic carbocycles. The fourth-order valence-electron chi connectivity index (χ4n) is 4.71. The topological polar surface area (TPSA) is 107 Å². The average Bonchev–Trinajstić information content (AvgIpc) is 2.93. The number of ketones is 2. The summed E-state index contributed by atoms with van der Waals surface area (Å²) in [7, 11) is -2.56. The number of sulfone groups is 1. The van der Waals surface area contributed by atoms with E-state index in [0.29, 0.717) is 17.9 Å². The third-order valence-electron chi connectivity index (χ3n) is 6.72. The number of nitrogens with one attached hydrogen (secondary N) is 1. The predicted octanol–water partition coefficient (Wildman–Crippen LogP) is 5.86. The van der Waals surface area contributed by atoms with Crippen molar-refractivity contribution in [3.8, 4) is 5.75 Å². The lowest BCUT2D eigenvalue weighted by atomic mass is 9.83. The summed E-state index contributed by atoms with van der Waals surface area (Å²) >= 11 is 0. The molecule has 7 nitrogen and oxygen atoms in total. The monoisotopic (exact) mass is 533 g/mol. The lowest BCUT2D eigenvalue weighted by molar-refractivity contribution is 0.0974. The van der Waals surface area contributed by atoms with E-state index in [2.05, 4.69) is 12.2 Å². The summed E-state index contributed by atoms with van der Waals surface area (Å²) in [5.41, 5.74) is 0.401. The van der Waals surface area contributed by atoms with Gasteiger partial charge in [-0.1, -0.05) is 63.3 Å². The minimum atomic E-state index is -4.09. The summed E-state index contributed by atoms with van der Waals surface area (Å²) in [6, 6.07) is 15.6. The Bertz CT molecular complexity index is 1480. The van der Waals surface area contributed by atoms with E-state index in [-0.39, 0.29) is 38.5 Å². The van der Waals surface area contributed by atoms with Gasteiger partial charge in [-0.25, -0.2) is 8.42 Å². The second kappa shape index (κ2) is 11.7. The fourth-order valence-corrected chi connectivity index (χ4v) is 6.50. The third-order valence-corrected chi connectivity index (χ3v) is 8.59. The molecule has 0 spiro atoms. The lowest BCUT2D eigenvalue weighted by Crippen LogP contribution is -2.27. The first-order valence-electron chi connectivity index (χ1n) is 12.8. The van der Waals surface area contributed by atoms with Crippen LogP contribution in [0.2, 0.25) is 0 Å². The van der Waals surface area contributed by atoms with E-state index >= 15 is 0 Å². The molecule has 0 fully saturated rings. The van der Waals surface area contributed by atoms with Crippen LogP contribution in [0.5, 0.6) is 5.75 Å². The van der Waals surface area contributed by atoms with Gasteiger partial charge in [0, 0.05) is 22.4 Å². The highest BCUT2D eigenvalue weighted by Gasteiger charge is 2.37. The Balaban J connectivity index is 1.76. The van der Waals surface area contributed by atoms with Gasteiger partial charge in [-0.15, -0.1) is 0 Å². The number of anilines is 1. The van der Waals surface area contributed by atoms with Crippen molar-refractivity contribution >= 4 is 33.0 Å². The molecule has 4 rings (SSSR count). The Morgan fingerprint density at radius 1 is 0.789 bits per heavy atom. The van der Waals surface area contributed by atoms with Crippen LogP contribution in [-0.2, 0) is 9.84 Å². The maximum Gasteiger partial charge on any atom is 0.257 e. The van der Waals surface area contributed by atoms with E-state index in [9.17, 15) is 22.8 Å². The SMILES string of the molecule is CCCCCCCCS(=O)(=O)c1c(C(=O)Nc2ccc(OC)cc2)ccc2c1C(=O)c1ccccc1C2=O. The van der Waals surface area contributed by atoms with Crippen LogP contribution in [-0.4, -0.2) is 38.8 Å². The highest BCUT2D eigenvalue weighted by molar-refractivity contribution is 7.91. The molecule has 0 atom stereocenters. The van der Waals surface area contributed by atoms with Crippen LogP contribution in [0.3, 0.4) is 0 Å². The zero-order valence-electron chi connectivity index (χ0n) is 21.6. The molecule has 198 valence electrons. The van der Waals surface area contributed by atoms with Crippen molar-refractivity contribution in [3.63, 3.8) is 0 Å². The summed E-state index contributed by atoms with van der Waals surface area (Å²) in [6.45, 7) is 2.11. The number of amides is 1. The number of hydrogen-bond acceptors (Lipinski definition) is 6. The van der Waals surface area contributed by atoms with Gasteiger partial charge in [0.05, 0.1) is 28.9 Å². The maximum absolute atomic E-state index is 13.8. The van der Waals surface area contributed by atoms with Crippen LogP contribution >= 0.6 is 0 Å². The van der Waals surface area contributed by atoms with Gasteiger partial charge in [0.25, 0.3) is 5.91 Å². The van der Waals surface area contributed by atoms with Crippen LogP contribution in [0.25, 0.3) is 0 Å². The van der Waals surface area contributed by atoms with Crippen molar-refractivity contribution in [3.05, 3.63) is 88.5 Å². The first kappa shape index (κ1) is 27.3. The Kier molecular flexibility index (Phi) is 8.42. The molecular weight excluding hydrogens is 502 g/mol. The Morgan fingerprint density at radius 3 is 2.08 bits per heavy atom. The fraction of sp³-hybridized carbons (Fsp3) is 0.300. The van der Waals surface area contributed by atoms with Crippen molar-refractivity contribution in [2.45, 2.75) is 50.3 Å². The van der Waals surface area contributed by atoms with E-state index in [0.717, 1.165) is 32.1 Å². The van der Waals surface area contributed by atoms with Gasteiger partial charge in [0.2, 0.25) is 0 Å². The molecule has 3 aromatic carbocycles. The highest BCUT2D eigenvalue weighted by Crippen LogP contribution is 2.35. The molecule has 1 N–H and O–H groups in total. The van der Waals surface area contributed by atoms with Crippen LogP contribution in [0.15, 0.2) is 65.6 Å². The Morgan fingerprint density at radius 2 is 1.42 bits per heavy atom. The number of hydrogen-bond donors (Lipinski definition) is 1. The first-order chi connectivity index (χ1) is 18.3. The molecule has 0 radical (unpaired) electrons. The first-order valence-corrected chi connectivity index (χ1v) is 14.5. The molecule has 3 aromatic rings. The Hall–Kier alpha value is -3.78. The summed E-state index contributed by atoms with van der Waals surface area (Å²) < 4.78 is 32.7. The molecule has 0 aliphatic heterocycles. The summed E-state index contributed by atoms with van der Waals surface area (Å²) in [5, 5.41) is 2.71. The van der Waals surface area contributed by atoms with Gasteiger partial charge in [-0.2, -0.15) is 0 Å². The maximum atomic E-state index is 13.8. The molecule has 1 aliphatic rings. The standard InChI is InChI=1S/C30H31NO6S/c1-3-4-5-6-7-10-19-38(35,36)29-25(30(34)31-20-13-15-21(37-2)16-14-20)18-17-24-26(29)28(33)23-12-9-8-11-22(23)27(24)32/h8-9,11-18H,3-7,10,19H2,1-2H3,(H,31,34). The van der Waals surface area contributed by atoms with Crippen LogP contribution in [0.4, 0.5) is 5.69 Å². The predicted molar refractivity (Wildman–Crippen MR) is 146 cm³/mol. The number of fused-ring (bicyclic) bond motifs is 2.